The number of nitrogens with zero attached hydrogens (tertiary/aromatic N) is 8. The molecular weight excluding hydrogens is 416 g/mol. The summed E-state index contributed by atoms with van der Waals surface area (Å²) in [5.74, 6) is 1.61. The van der Waals surface area contributed by atoms with Gasteiger partial charge in [-0.2, -0.15) is 10.1 Å². The molecule has 1 fully saturated rings. The van der Waals surface area contributed by atoms with Crippen LogP contribution in [0.1, 0.15) is 5.56 Å². The number of hydrogen-bond acceptors (Lipinski definition) is 8. The summed E-state index contributed by atoms with van der Waals surface area (Å²) in [6.07, 6.45) is 9.21. The molecule has 2 N–H and O–H groups in total. The molecule has 0 radical (unpaired) electrons. The van der Waals surface area contributed by atoms with Crippen molar-refractivity contribution in [1.29, 1.82) is 0 Å². The second kappa shape index (κ2) is 8.14. The fourth-order valence-electron chi connectivity index (χ4n) is 4.13. The summed E-state index contributed by atoms with van der Waals surface area (Å²) >= 11 is 0. The summed E-state index contributed by atoms with van der Waals surface area (Å²) in [7, 11) is 2.16. The number of pyridine rings is 2. The van der Waals surface area contributed by atoms with E-state index in [1.165, 1.54) is 0 Å². The van der Waals surface area contributed by atoms with Crippen LogP contribution in [0.2, 0.25) is 0 Å². The van der Waals surface area contributed by atoms with Gasteiger partial charge in [0.1, 0.15) is 17.8 Å². The highest BCUT2D eigenvalue weighted by Crippen LogP contribution is 2.28. The Labute approximate surface area is 190 Å². The fourth-order valence-corrected chi connectivity index (χ4v) is 4.13. The molecule has 166 valence electrons. The minimum Gasteiger partial charge on any atom is -0.354 e. The molecule has 5 aromatic rings. The molecule has 0 saturated carbocycles. The van der Waals surface area contributed by atoms with Gasteiger partial charge in [0.2, 0.25) is 5.95 Å². The lowest BCUT2D eigenvalue weighted by molar-refractivity contribution is 0.312. The van der Waals surface area contributed by atoms with Crippen molar-refractivity contribution in [3.05, 3.63) is 60.9 Å². The predicted octanol–water partition coefficient (Wildman–Crippen LogP) is 2.43. The first kappa shape index (κ1) is 19.6. The number of piperazine rings is 1. The quantitative estimate of drug-likeness (QED) is 0.430. The molecule has 0 amide bonds. The second-order valence-electron chi connectivity index (χ2n) is 8.31. The second-order valence-corrected chi connectivity index (χ2v) is 8.31. The van der Waals surface area contributed by atoms with Crippen molar-refractivity contribution >= 4 is 28.4 Å². The number of likely N-dealkylation sites (N-methyl/N-ethyl adjacent to an activating group) is 1. The number of anilines is 2. The molecule has 6 heterocycles. The molecule has 0 spiro atoms. The van der Waals surface area contributed by atoms with Crippen LogP contribution in [0.15, 0.2) is 55.4 Å². The highest BCUT2D eigenvalue weighted by molar-refractivity contribution is 5.93. The summed E-state index contributed by atoms with van der Waals surface area (Å²) in [6, 6.07) is 8.17. The van der Waals surface area contributed by atoms with Crippen molar-refractivity contribution in [2.24, 2.45) is 0 Å². The van der Waals surface area contributed by atoms with Crippen LogP contribution >= 0.6 is 0 Å². The minimum atomic E-state index is 0.575. The van der Waals surface area contributed by atoms with E-state index in [1.54, 1.807) is 10.8 Å². The lowest BCUT2D eigenvalue weighted by Crippen LogP contribution is -2.44. The zero-order valence-electron chi connectivity index (χ0n) is 18.3. The Bertz CT molecular complexity index is 1400. The van der Waals surface area contributed by atoms with Crippen LogP contribution in [0.4, 0.5) is 11.8 Å². The maximum atomic E-state index is 4.65. The number of aromatic nitrogens is 7. The lowest BCUT2D eigenvalue weighted by atomic mass is 10.1. The highest BCUT2D eigenvalue weighted by Gasteiger charge is 2.15. The zero-order valence-corrected chi connectivity index (χ0v) is 18.3. The van der Waals surface area contributed by atoms with E-state index in [9.17, 15) is 0 Å². The van der Waals surface area contributed by atoms with Gasteiger partial charge in [0.25, 0.3) is 0 Å². The van der Waals surface area contributed by atoms with E-state index in [0.29, 0.717) is 12.5 Å². The maximum absolute atomic E-state index is 4.65. The first-order valence-electron chi connectivity index (χ1n) is 11.0. The predicted molar refractivity (Wildman–Crippen MR) is 127 cm³/mol. The Morgan fingerprint density at radius 1 is 1.00 bits per heavy atom. The number of nitrogens with one attached hydrogen (secondary N) is 2. The van der Waals surface area contributed by atoms with E-state index < -0.39 is 0 Å². The third-order valence-corrected chi connectivity index (χ3v) is 6.10. The molecule has 0 atom stereocenters. The maximum Gasteiger partial charge on any atom is 0.224 e. The van der Waals surface area contributed by atoms with Gasteiger partial charge >= 0.3 is 0 Å². The summed E-state index contributed by atoms with van der Waals surface area (Å²) < 4.78 is 1.76. The molecule has 1 aliphatic heterocycles. The van der Waals surface area contributed by atoms with Crippen molar-refractivity contribution in [2.75, 3.05) is 43.4 Å². The molecule has 0 bridgehead atoms. The molecule has 33 heavy (non-hydrogen) atoms. The topological polar surface area (TPSA) is 103 Å². The van der Waals surface area contributed by atoms with Gasteiger partial charge in [0, 0.05) is 74.0 Å². The van der Waals surface area contributed by atoms with Gasteiger partial charge in [0.15, 0.2) is 5.65 Å². The Hall–Kier alpha value is -4.05. The van der Waals surface area contributed by atoms with Gasteiger partial charge < -0.3 is 20.1 Å². The van der Waals surface area contributed by atoms with E-state index in [-0.39, 0.29) is 0 Å². The molecule has 10 heteroatoms. The van der Waals surface area contributed by atoms with E-state index in [2.05, 4.69) is 64.3 Å². The molecular formula is C23H24N10. The number of H-pyrrole nitrogens is 1. The minimum absolute atomic E-state index is 0.575. The molecule has 10 nitrogen and oxygen atoms in total. The van der Waals surface area contributed by atoms with E-state index in [0.717, 1.165) is 65.4 Å². The summed E-state index contributed by atoms with van der Waals surface area (Å²) in [4.78, 5) is 25.9. The average Bonchev–Trinajstić information content (AvgIpc) is 3.50. The van der Waals surface area contributed by atoms with Gasteiger partial charge in [-0.3, -0.25) is 0 Å². The van der Waals surface area contributed by atoms with Gasteiger partial charge in [0.05, 0.1) is 0 Å². The first-order chi connectivity index (χ1) is 16.2. The van der Waals surface area contributed by atoms with Gasteiger partial charge in [-0.05, 0) is 30.8 Å². The molecule has 0 unspecified atom stereocenters. The SMILES string of the molecule is CN1CCN(c2ccc(CNc3ncc4c(-c5ccc6ncnn6c5)c[nH]c4n3)cn2)CC1. The summed E-state index contributed by atoms with van der Waals surface area (Å²) in [5.41, 5.74) is 4.73. The normalized spacial score (nSPS) is 14.9. The van der Waals surface area contributed by atoms with Crippen LogP contribution in [0.5, 0.6) is 0 Å². The smallest absolute Gasteiger partial charge is 0.224 e. The standard InChI is InChI=1S/C23H24N10/c1-31-6-8-32(9-7-31)20-4-2-16(10-24-20)11-26-23-27-13-19-18(12-25-22(19)30-23)17-3-5-21-28-15-29-33(21)14-17/h2-5,10,12-15H,6-9,11H2,1H3,(H2,25,26,27,30). The highest BCUT2D eigenvalue weighted by atomic mass is 15.3. The van der Waals surface area contributed by atoms with Crippen molar-refractivity contribution in [3.8, 4) is 11.1 Å². The lowest BCUT2D eigenvalue weighted by Gasteiger charge is -2.33. The van der Waals surface area contributed by atoms with Crippen LogP contribution in [0.3, 0.4) is 0 Å². The van der Waals surface area contributed by atoms with Gasteiger partial charge in [-0.1, -0.05) is 6.07 Å². The zero-order chi connectivity index (χ0) is 22.2. The van der Waals surface area contributed by atoms with E-state index >= 15 is 0 Å². The molecule has 1 saturated heterocycles. The third kappa shape index (κ3) is 3.85. The van der Waals surface area contributed by atoms with Crippen molar-refractivity contribution in [1.82, 2.24) is 39.4 Å². The summed E-state index contributed by atoms with van der Waals surface area (Å²) in [6.45, 7) is 4.78. The van der Waals surface area contributed by atoms with Crippen molar-refractivity contribution in [2.45, 2.75) is 6.54 Å². The van der Waals surface area contributed by atoms with Gasteiger partial charge in [-0.15, -0.1) is 0 Å². The van der Waals surface area contributed by atoms with Crippen LogP contribution in [-0.2, 0) is 6.54 Å². The number of fused-ring (bicyclic) bond motifs is 2. The van der Waals surface area contributed by atoms with E-state index in [4.69, 9.17) is 0 Å². The van der Waals surface area contributed by atoms with Gasteiger partial charge in [-0.25, -0.2) is 19.5 Å². The fraction of sp³-hybridized carbons (Fsp3) is 0.261. The molecule has 1 aliphatic rings. The van der Waals surface area contributed by atoms with Crippen molar-refractivity contribution < 1.29 is 0 Å². The number of aromatic amines is 1. The molecule has 5 aromatic heterocycles. The van der Waals surface area contributed by atoms with E-state index in [1.807, 2.05) is 36.9 Å². The Balaban J connectivity index is 1.15. The Morgan fingerprint density at radius 3 is 2.76 bits per heavy atom. The molecule has 0 aromatic carbocycles. The molecule has 0 aliphatic carbocycles. The summed E-state index contributed by atoms with van der Waals surface area (Å²) in [5, 5.41) is 8.48. The number of hydrogen-bond donors (Lipinski definition) is 2. The first-order valence-corrected chi connectivity index (χ1v) is 11.0. The van der Waals surface area contributed by atoms with Crippen LogP contribution in [-0.4, -0.2) is 72.7 Å². The van der Waals surface area contributed by atoms with Crippen molar-refractivity contribution in [3.63, 3.8) is 0 Å². The molecule has 6 rings (SSSR count). The largest absolute Gasteiger partial charge is 0.354 e. The van der Waals surface area contributed by atoms with Crippen LogP contribution < -0.4 is 10.2 Å². The third-order valence-electron chi connectivity index (χ3n) is 6.10. The number of rotatable bonds is 5. The van der Waals surface area contributed by atoms with Crippen LogP contribution in [0.25, 0.3) is 27.8 Å². The Kier molecular flexibility index (Phi) is 4.84. The Morgan fingerprint density at radius 2 is 1.91 bits per heavy atom. The average molecular weight is 441 g/mol. The van der Waals surface area contributed by atoms with Crippen LogP contribution in [0, 0.1) is 0 Å². The monoisotopic (exact) mass is 440 g/mol.